The summed E-state index contributed by atoms with van der Waals surface area (Å²) in [5.41, 5.74) is 2.61. The monoisotopic (exact) mass is 309 g/mol. The number of aliphatic hydroxyl groups excluding tert-OH is 1. The summed E-state index contributed by atoms with van der Waals surface area (Å²) in [6, 6.07) is 2.19. The lowest BCUT2D eigenvalue weighted by Gasteiger charge is -2.17. The standard InChI is InChI=1S/C17H19N5O/c1-11-10-20-17(21-14-6-4-7-15(14)23)22-16(11)12(9-18)13-5-2-3-8-19-13/h2-3,5,8,10,14-15,19,23H,4,6-7H2,1H3,(H,20,21,22)/b13-12-/t14-,15-/m0/s1. The summed E-state index contributed by atoms with van der Waals surface area (Å²) in [6.45, 7) is 1.88. The van der Waals surface area contributed by atoms with Gasteiger partial charge in [-0.25, -0.2) is 9.97 Å². The molecule has 0 saturated heterocycles. The minimum Gasteiger partial charge on any atom is -0.391 e. The van der Waals surface area contributed by atoms with Crippen LogP contribution >= 0.6 is 0 Å². The van der Waals surface area contributed by atoms with Crippen molar-refractivity contribution in [2.45, 2.75) is 38.3 Å². The topological polar surface area (TPSA) is 93.9 Å². The van der Waals surface area contributed by atoms with Gasteiger partial charge >= 0.3 is 0 Å². The highest BCUT2D eigenvalue weighted by Crippen LogP contribution is 2.24. The van der Waals surface area contributed by atoms with Crippen molar-refractivity contribution in [1.82, 2.24) is 15.3 Å². The molecule has 0 spiro atoms. The molecule has 2 aliphatic rings. The quantitative estimate of drug-likeness (QED) is 0.740. The Labute approximate surface area is 135 Å². The molecule has 1 aromatic heterocycles. The maximum Gasteiger partial charge on any atom is 0.223 e. The lowest BCUT2D eigenvalue weighted by atomic mass is 10.1. The number of aromatic nitrogens is 2. The van der Waals surface area contributed by atoms with Gasteiger partial charge in [-0.05, 0) is 43.9 Å². The molecule has 2 atom stereocenters. The van der Waals surface area contributed by atoms with Gasteiger partial charge in [-0.15, -0.1) is 0 Å². The van der Waals surface area contributed by atoms with E-state index in [0.717, 1.165) is 24.8 Å². The molecule has 3 rings (SSSR count). The van der Waals surface area contributed by atoms with E-state index in [1.165, 1.54) is 0 Å². The molecule has 0 amide bonds. The van der Waals surface area contributed by atoms with Gasteiger partial charge in [-0.3, -0.25) is 0 Å². The number of nitrogens with one attached hydrogen (secondary N) is 2. The molecule has 1 aliphatic carbocycles. The highest BCUT2D eigenvalue weighted by atomic mass is 16.3. The van der Waals surface area contributed by atoms with Gasteiger partial charge in [0.1, 0.15) is 11.6 Å². The first kappa shape index (κ1) is 15.3. The largest absolute Gasteiger partial charge is 0.391 e. The van der Waals surface area contributed by atoms with Gasteiger partial charge < -0.3 is 15.7 Å². The molecule has 3 N–H and O–H groups in total. The number of rotatable bonds is 3. The fraction of sp³-hybridized carbons (Fsp3) is 0.353. The van der Waals surface area contributed by atoms with Crippen molar-refractivity contribution >= 4 is 11.5 Å². The van der Waals surface area contributed by atoms with Crippen molar-refractivity contribution in [3.05, 3.63) is 47.6 Å². The summed E-state index contributed by atoms with van der Waals surface area (Å²) in [5.74, 6) is 0.445. The van der Waals surface area contributed by atoms with Crippen LogP contribution in [0, 0.1) is 18.3 Å². The summed E-state index contributed by atoms with van der Waals surface area (Å²) in [4.78, 5) is 8.79. The summed E-state index contributed by atoms with van der Waals surface area (Å²) in [5, 5.41) is 25.7. The molecular formula is C17H19N5O. The summed E-state index contributed by atoms with van der Waals surface area (Å²) >= 11 is 0. The van der Waals surface area contributed by atoms with Crippen LogP contribution in [0.1, 0.15) is 30.5 Å². The Kier molecular flexibility index (Phi) is 4.40. The summed E-state index contributed by atoms with van der Waals surface area (Å²) in [7, 11) is 0. The number of aliphatic hydroxyl groups is 1. The van der Waals surface area contributed by atoms with E-state index in [-0.39, 0.29) is 12.1 Å². The third-order valence-corrected chi connectivity index (χ3v) is 4.09. The zero-order valence-electron chi connectivity index (χ0n) is 13.0. The molecule has 0 radical (unpaired) electrons. The van der Waals surface area contributed by atoms with Gasteiger partial charge in [0.2, 0.25) is 5.95 Å². The SMILES string of the molecule is Cc1cnc(N[C@H]2CCC[C@@H]2O)nc1/C(C#N)=C1/C=CC=CN1. The predicted octanol–water partition coefficient (Wildman–Crippen LogP) is 2.02. The molecule has 6 nitrogen and oxygen atoms in total. The molecule has 0 unspecified atom stereocenters. The van der Waals surface area contributed by atoms with E-state index in [9.17, 15) is 10.4 Å². The second-order valence-electron chi connectivity index (χ2n) is 5.74. The van der Waals surface area contributed by atoms with Gasteiger partial charge in [0.05, 0.1) is 23.5 Å². The van der Waals surface area contributed by atoms with E-state index in [1.54, 1.807) is 12.4 Å². The van der Waals surface area contributed by atoms with Crippen LogP contribution in [0.3, 0.4) is 0 Å². The molecule has 1 aromatic rings. The highest BCUT2D eigenvalue weighted by molar-refractivity contribution is 5.80. The first-order valence-corrected chi connectivity index (χ1v) is 7.72. The van der Waals surface area contributed by atoms with E-state index in [0.29, 0.717) is 22.9 Å². The van der Waals surface area contributed by atoms with E-state index in [4.69, 9.17) is 0 Å². The molecule has 2 heterocycles. The highest BCUT2D eigenvalue weighted by Gasteiger charge is 2.26. The number of allylic oxidation sites excluding steroid dienone is 4. The number of nitrogens with zero attached hydrogens (tertiary/aromatic N) is 3. The molecule has 6 heteroatoms. The van der Waals surface area contributed by atoms with Crippen LogP contribution in [0.4, 0.5) is 5.95 Å². The Morgan fingerprint density at radius 1 is 1.43 bits per heavy atom. The number of dihydropyridines is 1. The van der Waals surface area contributed by atoms with Gasteiger partial charge in [0.15, 0.2) is 0 Å². The minimum atomic E-state index is -0.370. The second-order valence-corrected chi connectivity index (χ2v) is 5.74. The molecular weight excluding hydrogens is 290 g/mol. The van der Waals surface area contributed by atoms with Crippen molar-refractivity contribution in [1.29, 1.82) is 5.26 Å². The normalized spacial score (nSPS) is 24.9. The summed E-state index contributed by atoms with van der Waals surface area (Å²) < 4.78 is 0. The summed E-state index contributed by atoms with van der Waals surface area (Å²) in [6.07, 6.45) is 11.4. The Morgan fingerprint density at radius 3 is 2.96 bits per heavy atom. The Balaban J connectivity index is 1.92. The van der Waals surface area contributed by atoms with Gasteiger partial charge in [0, 0.05) is 12.4 Å². The molecule has 118 valence electrons. The Bertz CT molecular complexity index is 729. The number of nitriles is 1. The van der Waals surface area contributed by atoms with Crippen LogP contribution in [0.5, 0.6) is 0 Å². The van der Waals surface area contributed by atoms with E-state index in [2.05, 4.69) is 26.7 Å². The number of hydrogen-bond acceptors (Lipinski definition) is 6. The van der Waals surface area contributed by atoms with Crippen molar-refractivity contribution < 1.29 is 5.11 Å². The first-order valence-electron chi connectivity index (χ1n) is 7.72. The average Bonchev–Trinajstić information content (AvgIpc) is 2.97. The molecule has 1 saturated carbocycles. The van der Waals surface area contributed by atoms with Crippen LogP contribution in [-0.2, 0) is 0 Å². The van der Waals surface area contributed by atoms with Crippen molar-refractivity contribution in [3.63, 3.8) is 0 Å². The number of hydrogen-bond donors (Lipinski definition) is 3. The molecule has 23 heavy (non-hydrogen) atoms. The maximum absolute atomic E-state index is 9.93. The minimum absolute atomic E-state index is 0.0284. The zero-order valence-corrected chi connectivity index (χ0v) is 13.0. The third kappa shape index (κ3) is 3.25. The van der Waals surface area contributed by atoms with Crippen molar-refractivity contribution in [2.24, 2.45) is 0 Å². The molecule has 1 fully saturated rings. The smallest absolute Gasteiger partial charge is 0.223 e. The van der Waals surface area contributed by atoms with Crippen LogP contribution in [0.25, 0.3) is 5.57 Å². The molecule has 0 aromatic carbocycles. The van der Waals surface area contributed by atoms with Crippen molar-refractivity contribution in [3.8, 4) is 6.07 Å². The molecule has 0 bridgehead atoms. The number of aryl methyl sites for hydroxylation is 1. The van der Waals surface area contributed by atoms with Crippen LogP contribution < -0.4 is 10.6 Å². The van der Waals surface area contributed by atoms with Gasteiger partial charge in [-0.1, -0.05) is 6.08 Å². The van der Waals surface area contributed by atoms with Gasteiger partial charge in [-0.2, -0.15) is 5.26 Å². The first-order chi connectivity index (χ1) is 11.2. The predicted molar refractivity (Wildman–Crippen MR) is 88.0 cm³/mol. The van der Waals surface area contributed by atoms with Crippen molar-refractivity contribution in [2.75, 3.05) is 5.32 Å². The second kappa shape index (κ2) is 6.63. The Morgan fingerprint density at radius 2 is 2.30 bits per heavy atom. The lowest BCUT2D eigenvalue weighted by molar-refractivity contribution is 0.171. The van der Waals surface area contributed by atoms with Gasteiger partial charge in [0.25, 0.3) is 0 Å². The fourth-order valence-electron chi connectivity index (χ4n) is 2.83. The maximum atomic E-state index is 9.93. The van der Waals surface area contributed by atoms with Crippen LogP contribution in [0.15, 0.2) is 36.3 Å². The lowest BCUT2D eigenvalue weighted by Crippen LogP contribution is -2.29. The van der Waals surface area contributed by atoms with E-state index in [1.807, 2.05) is 25.2 Å². The fourth-order valence-corrected chi connectivity index (χ4v) is 2.83. The van der Waals surface area contributed by atoms with Crippen LogP contribution in [-0.4, -0.2) is 27.2 Å². The van der Waals surface area contributed by atoms with E-state index >= 15 is 0 Å². The third-order valence-electron chi connectivity index (χ3n) is 4.09. The Hall–Kier alpha value is -2.65. The van der Waals surface area contributed by atoms with E-state index < -0.39 is 0 Å². The molecule has 1 aliphatic heterocycles. The number of anilines is 1. The average molecular weight is 309 g/mol. The van der Waals surface area contributed by atoms with Crippen LogP contribution in [0.2, 0.25) is 0 Å². The zero-order chi connectivity index (χ0) is 16.2.